The number of hydrogen-bond acceptors (Lipinski definition) is 5. The van der Waals surface area contributed by atoms with E-state index in [2.05, 4.69) is 0 Å². The number of nitro benzene ring substituents is 1. The Kier molecular flexibility index (Phi) is 4.57. The van der Waals surface area contributed by atoms with E-state index in [4.69, 9.17) is 4.74 Å². The average Bonchev–Trinajstić information content (AvgIpc) is 2.31. The van der Waals surface area contributed by atoms with Crippen LogP contribution in [0.2, 0.25) is 0 Å². The monoisotopic (exact) mass is 269 g/mol. The number of halogens is 1. The van der Waals surface area contributed by atoms with Crippen LogP contribution >= 0.6 is 0 Å². The zero-order chi connectivity index (χ0) is 14.6. The van der Waals surface area contributed by atoms with Crippen LogP contribution in [0.15, 0.2) is 24.0 Å². The van der Waals surface area contributed by atoms with Gasteiger partial charge in [-0.1, -0.05) is 0 Å². The molecule has 0 radical (unpaired) electrons. The summed E-state index contributed by atoms with van der Waals surface area (Å²) in [5.74, 6) is -2.15. The normalized spacial score (nSPS) is 11.7. The Balaban J connectivity index is 3.45. The van der Waals surface area contributed by atoms with Crippen LogP contribution in [0.4, 0.5) is 10.1 Å². The third-order valence-electron chi connectivity index (χ3n) is 2.27. The Morgan fingerprint density at radius 2 is 2.16 bits per heavy atom. The first-order chi connectivity index (χ1) is 8.88. The van der Waals surface area contributed by atoms with Crippen LogP contribution in [0.3, 0.4) is 0 Å². The molecular weight excluding hydrogens is 257 g/mol. The van der Waals surface area contributed by atoms with Crippen molar-refractivity contribution >= 4 is 17.2 Å². The van der Waals surface area contributed by atoms with E-state index < -0.39 is 28.2 Å². The van der Waals surface area contributed by atoms with Crippen LogP contribution < -0.4 is 0 Å². The first-order valence-electron chi connectivity index (χ1n) is 5.39. The highest BCUT2D eigenvalue weighted by molar-refractivity contribution is 6.18. The van der Waals surface area contributed by atoms with Crippen LogP contribution in [0.1, 0.15) is 19.4 Å². The molecule has 0 spiro atoms. The van der Waals surface area contributed by atoms with Gasteiger partial charge in [-0.25, -0.2) is 9.18 Å². The van der Waals surface area contributed by atoms with Gasteiger partial charge in [0.25, 0.3) is 5.69 Å². The van der Waals surface area contributed by atoms with E-state index >= 15 is 0 Å². The van der Waals surface area contributed by atoms with Gasteiger partial charge in [0.2, 0.25) is 0 Å². The summed E-state index contributed by atoms with van der Waals surface area (Å²) in [6.45, 7) is 2.80. The molecule has 0 aromatic heterocycles. The second-order valence-electron chi connectivity index (χ2n) is 3.60. The zero-order valence-electron chi connectivity index (χ0n) is 10.3. The zero-order valence-corrected chi connectivity index (χ0v) is 10.3. The number of benzene rings is 1. The number of hydrogen-bond donors (Lipinski definition) is 1. The Labute approximate surface area is 108 Å². The van der Waals surface area contributed by atoms with Gasteiger partial charge in [-0.3, -0.25) is 10.1 Å². The van der Waals surface area contributed by atoms with E-state index in [1.54, 1.807) is 6.92 Å². The predicted molar refractivity (Wildman–Crippen MR) is 64.9 cm³/mol. The minimum absolute atomic E-state index is 0.0462. The fraction of sp³-hybridized carbons (Fsp3) is 0.250. The van der Waals surface area contributed by atoms with Crippen molar-refractivity contribution in [3.8, 4) is 0 Å². The molecule has 0 atom stereocenters. The van der Waals surface area contributed by atoms with Gasteiger partial charge in [0.15, 0.2) is 0 Å². The Morgan fingerprint density at radius 3 is 2.63 bits per heavy atom. The Morgan fingerprint density at radius 1 is 1.53 bits per heavy atom. The molecular formula is C12H12FNO5. The molecule has 0 aliphatic carbocycles. The highest BCUT2D eigenvalue weighted by atomic mass is 19.1. The largest absolute Gasteiger partial charge is 0.512 e. The fourth-order valence-corrected chi connectivity index (χ4v) is 1.52. The van der Waals surface area contributed by atoms with Gasteiger partial charge in [-0.2, -0.15) is 0 Å². The van der Waals surface area contributed by atoms with Crippen molar-refractivity contribution < 1.29 is 24.0 Å². The number of carbonyl (C=O) groups is 1. The highest BCUT2D eigenvalue weighted by Gasteiger charge is 2.25. The van der Waals surface area contributed by atoms with E-state index in [1.807, 2.05) is 0 Å². The highest BCUT2D eigenvalue weighted by Crippen LogP contribution is 2.29. The van der Waals surface area contributed by atoms with Crippen LogP contribution in [0.25, 0.3) is 5.57 Å². The van der Waals surface area contributed by atoms with Crippen molar-refractivity contribution in [2.24, 2.45) is 0 Å². The second kappa shape index (κ2) is 5.94. The molecule has 0 aliphatic rings. The lowest BCUT2D eigenvalue weighted by molar-refractivity contribution is -0.385. The number of esters is 1. The van der Waals surface area contributed by atoms with E-state index in [1.165, 1.54) is 6.92 Å². The lowest BCUT2D eigenvalue weighted by atomic mass is 10.0. The molecule has 0 saturated carbocycles. The molecule has 0 fully saturated rings. The molecule has 1 aromatic rings. The quantitative estimate of drug-likeness (QED) is 0.298. The summed E-state index contributed by atoms with van der Waals surface area (Å²) in [7, 11) is 0. The smallest absolute Gasteiger partial charge is 0.342 e. The number of aliphatic hydroxyl groups is 1. The lowest BCUT2D eigenvalue weighted by Gasteiger charge is -2.08. The van der Waals surface area contributed by atoms with Crippen molar-refractivity contribution in [1.82, 2.24) is 0 Å². The molecule has 0 saturated heterocycles. The van der Waals surface area contributed by atoms with Crippen molar-refractivity contribution in [3.63, 3.8) is 0 Å². The van der Waals surface area contributed by atoms with Crippen LogP contribution in [-0.2, 0) is 9.53 Å². The van der Waals surface area contributed by atoms with E-state index in [9.17, 15) is 24.4 Å². The summed E-state index contributed by atoms with van der Waals surface area (Å²) in [6, 6.07) is 2.70. The van der Waals surface area contributed by atoms with E-state index in [-0.39, 0.29) is 17.7 Å². The minimum atomic E-state index is -0.905. The first-order valence-corrected chi connectivity index (χ1v) is 5.39. The number of carbonyl (C=O) groups excluding carboxylic acids is 1. The van der Waals surface area contributed by atoms with Crippen molar-refractivity contribution in [3.05, 3.63) is 45.5 Å². The molecule has 0 bridgehead atoms. The second-order valence-corrected chi connectivity index (χ2v) is 3.60. The number of rotatable bonds is 4. The molecule has 0 unspecified atom stereocenters. The number of allylic oxidation sites excluding steroid dienone is 1. The van der Waals surface area contributed by atoms with Crippen molar-refractivity contribution in [2.75, 3.05) is 6.61 Å². The number of nitro groups is 1. The van der Waals surface area contributed by atoms with Crippen LogP contribution in [0.5, 0.6) is 0 Å². The average molecular weight is 269 g/mol. The minimum Gasteiger partial charge on any atom is -0.512 e. The molecule has 6 nitrogen and oxygen atoms in total. The standard InChI is InChI=1S/C12H12FNO5/c1-3-19-12(16)11(7(2)15)9-5-4-8(13)6-10(9)14(17)18/h4-6,15H,3H2,1-2H3. The van der Waals surface area contributed by atoms with Crippen LogP contribution in [-0.4, -0.2) is 22.6 Å². The van der Waals surface area contributed by atoms with Crippen LogP contribution in [0, 0.1) is 15.9 Å². The molecule has 0 amide bonds. The van der Waals surface area contributed by atoms with Crippen molar-refractivity contribution in [2.45, 2.75) is 13.8 Å². The summed E-state index contributed by atoms with van der Waals surface area (Å²) in [5, 5.41) is 20.4. The van der Waals surface area contributed by atoms with Gasteiger partial charge in [0.1, 0.15) is 17.1 Å². The molecule has 1 rings (SSSR count). The van der Waals surface area contributed by atoms with Gasteiger partial charge in [-0.05, 0) is 26.0 Å². The van der Waals surface area contributed by atoms with E-state index in [0.29, 0.717) is 6.07 Å². The molecule has 1 aromatic carbocycles. The molecule has 19 heavy (non-hydrogen) atoms. The lowest BCUT2D eigenvalue weighted by Crippen LogP contribution is -2.10. The summed E-state index contributed by atoms with van der Waals surface area (Å²) >= 11 is 0. The molecule has 0 aliphatic heterocycles. The molecule has 7 heteroatoms. The number of ether oxygens (including phenoxy) is 1. The van der Waals surface area contributed by atoms with E-state index in [0.717, 1.165) is 12.1 Å². The summed E-state index contributed by atoms with van der Waals surface area (Å²) in [4.78, 5) is 21.7. The Bertz CT molecular complexity index is 549. The number of nitrogens with zero attached hydrogens (tertiary/aromatic N) is 1. The molecule has 1 N–H and O–H groups in total. The summed E-state index contributed by atoms with van der Waals surface area (Å²) in [5.41, 5.74) is -1.16. The van der Waals surface area contributed by atoms with Gasteiger partial charge in [0.05, 0.1) is 23.2 Å². The van der Waals surface area contributed by atoms with Gasteiger partial charge >= 0.3 is 5.97 Å². The fourth-order valence-electron chi connectivity index (χ4n) is 1.52. The molecule has 0 heterocycles. The predicted octanol–water partition coefficient (Wildman–Crippen LogP) is 2.59. The third kappa shape index (κ3) is 3.27. The first kappa shape index (κ1) is 14.6. The van der Waals surface area contributed by atoms with Gasteiger partial charge < -0.3 is 9.84 Å². The van der Waals surface area contributed by atoms with Gasteiger partial charge in [0, 0.05) is 0 Å². The Hall–Kier alpha value is -2.44. The third-order valence-corrected chi connectivity index (χ3v) is 2.27. The maximum atomic E-state index is 13.0. The topological polar surface area (TPSA) is 89.7 Å². The van der Waals surface area contributed by atoms with Crippen molar-refractivity contribution in [1.29, 1.82) is 0 Å². The molecule has 102 valence electrons. The maximum Gasteiger partial charge on any atom is 0.342 e. The SMILES string of the molecule is CCOC(=O)C(=C(C)O)c1ccc(F)cc1[N+](=O)[O-]. The number of aliphatic hydroxyl groups excluding tert-OH is 1. The van der Waals surface area contributed by atoms with Gasteiger partial charge in [-0.15, -0.1) is 0 Å². The summed E-state index contributed by atoms with van der Waals surface area (Å²) in [6.07, 6.45) is 0. The summed E-state index contributed by atoms with van der Waals surface area (Å²) < 4.78 is 17.7. The maximum absolute atomic E-state index is 13.0.